The summed E-state index contributed by atoms with van der Waals surface area (Å²) in [7, 11) is 0. The van der Waals surface area contributed by atoms with Gasteiger partial charge < -0.3 is 4.90 Å². The molecule has 1 saturated carbocycles. The Balaban J connectivity index is 1.84. The number of anilines is 1. The summed E-state index contributed by atoms with van der Waals surface area (Å²) in [5.41, 5.74) is 0. The van der Waals surface area contributed by atoms with Crippen LogP contribution in [0.25, 0.3) is 0 Å². The zero-order valence-electron chi connectivity index (χ0n) is 7.28. The van der Waals surface area contributed by atoms with Crippen LogP contribution in [0.5, 0.6) is 0 Å². The lowest BCUT2D eigenvalue weighted by Crippen LogP contribution is -2.22. The largest absolute Gasteiger partial charge is 0.356 e. The minimum atomic E-state index is -0.189. The van der Waals surface area contributed by atoms with Crippen LogP contribution >= 0.6 is 0 Å². The molecule has 0 aromatic carbocycles. The van der Waals surface area contributed by atoms with E-state index in [-0.39, 0.29) is 5.82 Å². The molecular weight excluding hydrogens is 167 g/mol. The topological polar surface area (TPSA) is 16.1 Å². The predicted molar refractivity (Wildman–Crippen MR) is 48.0 cm³/mol. The Morgan fingerprint density at radius 2 is 2.15 bits per heavy atom. The molecule has 3 heteroatoms. The van der Waals surface area contributed by atoms with Crippen molar-refractivity contribution in [2.75, 3.05) is 18.0 Å². The maximum absolute atomic E-state index is 12.9. The first-order valence-electron chi connectivity index (χ1n) is 4.69. The van der Waals surface area contributed by atoms with E-state index in [1.165, 1.54) is 24.8 Å². The maximum atomic E-state index is 12.9. The highest BCUT2D eigenvalue weighted by Gasteiger charge is 2.45. The fraction of sp³-hybridized carbons (Fsp3) is 0.500. The summed E-state index contributed by atoms with van der Waals surface area (Å²) in [4.78, 5) is 6.34. The summed E-state index contributed by atoms with van der Waals surface area (Å²) in [6.45, 7) is 2.14. The lowest BCUT2D eigenvalue weighted by Gasteiger charge is -2.18. The number of hydrogen-bond acceptors (Lipinski definition) is 2. The molecule has 0 bridgehead atoms. The van der Waals surface area contributed by atoms with Crippen LogP contribution < -0.4 is 4.90 Å². The van der Waals surface area contributed by atoms with Crippen LogP contribution in [0.15, 0.2) is 18.3 Å². The average Bonchev–Trinajstić information content (AvgIpc) is 2.74. The van der Waals surface area contributed by atoms with E-state index >= 15 is 0 Å². The van der Waals surface area contributed by atoms with Gasteiger partial charge in [-0.3, -0.25) is 0 Å². The molecule has 1 aliphatic heterocycles. The molecule has 0 spiro atoms. The number of rotatable bonds is 1. The van der Waals surface area contributed by atoms with Crippen molar-refractivity contribution in [3.63, 3.8) is 0 Å². The zero-order valence-corrected chi connectivity index (χ0v) is 7.28. The average molecular weight is 178 g/mol. The van der Waals surface area contributed by atoms with Crippen LogP contribution in [0, 0.1) is 17.7 Å². The highest BCUT2D eigenvalue weighted by Crippen LogP contribution is 2.45. The number of halogens is 1. The van der Waals surface area contributed by atoms with E-state index in [9.17, 15) is 4.39 Å². The highest BCUT2D eigenvalue weighted by molar-refractivity contribution is 5.41. The van der Waals surface area contributed by atoms with Gasteiger partial charge in [-0.2, -0.15) is 0 Å². The van der Waals surface area contributed by atoms with Crippen LogP contribution in [0.4, 0.5) is 10.2 Å². The Hall–Kier alpha value is -1.12. The van der Waals surface area contributed by atoms with E-state index in [0.717, 1.165) is 30.7 Å². The highest BCUT2D eigenvalue weighted by atomic mass is 19.1. The zero-order chi connectivity index (χ0) is 8.84. The molecule has 0 unspecified atom stereocenters. The molecule has 2 atom stereocenters. The molecule has 13 heavy (non-hydrogen) atoms. The number of fused-ring (bicyclic) bond motifs is 1. The quantitative estimate of drug-likeness (QED) is 0.650. The smallest absolute Gasteiger partial charge is 0.131 e. The second kappa shape index (κ2) is 2.44. The molecule has 1 saturated heterocycles. The molecule has 68 valence electrons. The lowest BCUT2D eigenvalue weighted by molar-refractivity contribution is 0.623. The third-order valence-electron chi connectivity index (χ3n) is 3.01. The van der Waals surface area contributed by atoms with Gasteiger partial charge in [0.05, 0.1) is 0 Å². The van der Waals surface area contributed by atoms with E-state index in [1.54, 1.807) is 0 Å². The molecule has 2 fully saturated rings. The standard InChI is InChI=1S/C10H11FN2/c11-9-1-2-12-10(4-9)13-5-7-3-8(7)6-13/h1-2,4,7-8H,3,5-6H2/t7-,8+. The molecule has 3 rings (SSSR count). The van der Waals surface area contributed by atoms with E-state index in [4.69, 9.17) is 0 Å². The Labute approximate surface area is 76.4 Å². The van der Waals surface area contributed by atoms with Gasteiger partial charge in [0.15, 0.2) is 0 Å². The molecule has 2 heterocycles. The first-order valence-corrected chi connectivity index (χ1v) is 4.69. The monoisotopic (exact) mass is 178 g/mol. The van der Waals surface area contributed by atoms with Crippen molar-refractivity contribution in [3.05, 3.63) is 24.1 Å². The number of aromatic nitrogens is 1. The first-order chi connectivity index (χ1) is 6.33. The van der Waals surface area contributed by atoms with Gasteiger partial charge in [0.1, 0.15) is 11.6 Å². The normalized spacial score (nSPS) is 30.4. The first kappa shape index (κ1) is 7.30. The van der Waals surface area contributed by atoms with Crippen molar-refractivity contribution < 1.29 is 4.39 Å². The third kappa shape index (κ3) is 1.19. The Morgan fingerprint density at radius 1 is 1.38 bits per heavy atom. The van der Waals surface area contributed by atoms with Gasteiger partial charge in [0.25, 0.3) is 0 Å². The second-order valence-corrected chi connectivity index (χ2v) is 3.99. The third-order valence-corrected chi connectivity index (χ3v) is 3.01. The van der Waals surface area contributed by atoms with Crippen molar-refractivity contribution >= 4 is 5.82 Å². The molecular formula is C10H11FN2. The fourth-order valence-electron chi connectivity index (χ4n) is 2.15. The molecule has 2 aliphatic rings. The summed E-state index contributed by atoms with van der Waals surface area (Å²) < 4.78 is 12.9. The fourth-order valence-corrected chi connectivity index (χ4v) is 2.15. The number of nitrogens with zero attached hydrogens (tertiary/aromatic N) is 2. The van der Waals surface area contributed by atoms with Crippen LogP contribution in [0.2, 0.25) is 0 Å². The van der Waals surface area contributed by atoms with Gasteiger partial charge in [-0.05, 0) is 24.3 Å². The minimum absolute atomic E-state index is 0.189. The molecule has 0 N–H and O–H groups in total. The molecule has 2 nitrogen and oxygen atoms in total. The van der Waals surface area contributed by atoms with Crippen LogP contribution in [0.3, 0.4) is 0 Å². The van der Waals surface area contributed by atoms with Gasteiger partial charge >= 0.3 is 0 Å². The van der Waals surface area contributed by atoms with Gasteiger partial charge in [-0.15, -0.1) is 0 Å². The van der Waals surface area contributed by atoms with Crippen LogP contribution in [-0.2, 0) is 0 Å². The number of hydrogen-bond donors (Lipinski definition) is 0. The van der Waals surface area contributed by atoms with Crippen LogP contribution in [-0.4, -0.2) is 18.1 Å². The Bertz CT molecular complexity index is 329. The van der Waals surface area contributed by atoms with Crippen LogP contribution in [0.1, 0.15) is 6.42 Å². The molecule has 1 aromatic rings. The van der Waals surface area contributed by atoms with Crippen molar-refractivity contribution in [3.8, 4) is 0 Å². The Morgan fingerprint density at radius 3 is 2.85 bits per heavy atom. The number of pyridine rings is 1. The summed E-state index contributed by atoms with van der Waals surface area (Å²) in [5.74, 6) is 2.34. The molecule has 1 aromatic heterocycles. The lowest BCUT2D eigenvalue weighted by atomic mass is 10.4. The Kier molecular flexibility index (Phi) is 1.37. The van der Waals surface area contributed by atoms with Gasteiger partial charge in [0, 0.05) is 25.4 Å². The van der Waals surface area contributed by atoms with Gasteiger partial charge in [0.2, 0.25) is 0 Å². The molecule has 1 aliphatic carbocycles. The summed E-state index contributed by atoms with van der Waals surface area (Å²) in [6, 6.07) is 2.91. The summed E-state index contributed by atoms with van der Waals surface area (Å²) in [5, 5.41) is 0. The van der Waals surface area contributed by atoms with E-state index in [1.807, 2.05) is 0 Å². The second-order valence-electron chi connectivity index (χ2n) is 3.99. The van der Waals surface area contributed by atoms with E-state index in [2.05, 4.69) is 9.88 Å². The van der Waals surface area contributed by atoms with Crippen molar-refractivity contribution in [2.45, 2.75) is 6.42 Å². The minimum Gasteiger partial charge on any atom is -0.356 e. The van der Waals surface area contributed by atoms with E-state index in [0.29, 0.717) is 0 Å². The summed E-state index contributed by atoms with van der Waals surface area (Å²) >= 11 is 0. The van der Waals surface area contributed by atoms with E-state index < -0.39 is 0 Å². The molecule has 0 radical (unpaired) electrons. The SMILES string of the molecule is Fc1ccnc(N2C[C@H]3C[C@H]3C2)c1. The predicted octanol–water partition coefficient (Wildman–Crippen LogP) is 1.68. The molecule has 0 amide bonds. The van der Waals surface area contributed by atoms with Crippen molar-refractivity contribution in [2.24, 2.45) is 11.8 Å². The summed E-state index contributed by atoms with van der Waals surface area (Å²) in [6.07, 6.45) is 2.90. The van der Waals surface area contributed by atoms with Gasteiger partial charge in [-0.1, -0.05) is 0 Å². The van der Waals surface area contributed by atoms with Gasteiger partial charge in [-0.25, -0.2) is 9.37 Å². The number of piperidine rings is 1. The maximum Gasteiger partial charge on any atom is 0.131 e. The van der Waals surface area contributed by atoms with Crippen molar-refractivity contribution in [1.82, 2.24) is 4.98 Å². The van der Waals surface area contributed by atoms with Crippen molar-refractivity contribution in [1.29, 1.82) is 0 Å².